The molecule has 0 aliphatic carbocycles. The Bertz CT molecular complexity index is 980. The van der Waals surface area contributed by atoms with Gasteiger partial charge < -0.3 is 5.32 Å². The van der Waals surface area contributed by atoms with Gasteiger partial charge in [0.05, 0.1) is 5.69 Å². The number of amides is 1. The number of aromatic nitrogens is 4. The molecule has 0 atom stereocenters. The summed E-state index contributed by atoms with van der Waals surface area (Å²) in [6, 6.07) is 8.22. The number of halogens is 2. The summed E-state index contributed by atoms with van der Waals surface area (Å²) in [4.78, 5) is 12.3. The highest BCUT2D eigenvalue weighted by atomic mass is 79.9. The molecule has 0 unspecified atom stereocenters. The van der Waals surface area contributed by atoms with Gasteiger partial charge in [0.25, 0.3) is 0 Å². The molecule has 0 saturated carbocycles. The Labute approximate surface area is 163 Å². The van der Waals surface area contributed by atoms with Crippen molar-refractivity contribution in [1.29, 1.82) is 0 Å². The lowest BCUT2D eigenvalue weighted by Gasteiger charge is -2.07. The van der Waals surface area contributed by atoms with Gasteiger partial charge in [0.1, 0.15) is 12.4 Å². The van der Waals surface area contributed by atoms with Crippen molar-refractivity contribution in [2.75, 3.05) is 5.32 Å². The Morgan fingerprint density at radius 2 is 2.08 bits per heavy atom. The summed E-state index contributed by atoms with van der Waals surface area (Å²) < 4.78 is 19.9. The molecule has 0 aliphatic rings. The van der Waals surface area contributed by atoms with Crippen LogP contribution in [0.2, 0.25) is 0 Å². The van der Waals surface area contributed by atoms with Gasteiger partial charge in [-0.05, 0) is 49.0 Å². The molecule has 9 heteroatoms. The molecule has 0 spiro atoms. The molecule has 2 heterocycles. The average Bonchev–Trinajstić information content (AvgIpc) is 3.20. The zero-order valence-electron chi connectivity index (χ0n) is 14.0. The van der Waals surface area contributed by atoms with E-state index in [4.69, 9.17) is 12.2 Å². The number of benzene rings is 1. The Balaban J connectivity index is 1.84. The Kier molecular flexibility index (Phi) is 5.67. The summed E-state index contributed by atoms with van der Waals surface area (Å²) >= 11 is 8.67. The van der Waals surface area contributed by atoms with Crippen LogP contribution in [0.1, 0.15) is 19.2 Å². The van der Waals surface area contributed by atoms with Crippen LogP contribution >= 0.6 is 28.1 Å². The van der Waals surface area contributed by atoms with Gasteiger partial charge in [-0.1, -0.05) is 22.9 Å². The molecule has 1 N–H and O–H groups in total. The molecule has 6 nitrogen and oxygen atoms in total. The van der Waals surface area contributed by atoms with E-state index in [1.807, 2.05) is 36.1 Å². The fourth-order valence-electron chi connectivity index (χ4n) is 2.53. The van der Waals surface area contributed by atoms with E-state index in [1.54, 1.807) is 10.7 Å². The third-order valence-corrected chi connectivity index (χ3v) is 4.55. The minimum atomic E-state index is -0.513. The fraction of sp³-hybridized carbons (Fsp3) is 0.235. The minimum Gasteiger partial charge on any atom is -0.322 e. The molecule has 1 aromatic carbocycles. The van der Waals surface area contributed by atoms with Gasteiger partial charge in [-0.2, -0.15) is 5.10 Å². The quantitative estimate of drug-likeness (QED) is 0.592. The Hall–Kier alpha value is -2.26. The maximum atomic E-state index is 13.9. The zero-order chi connectivity index (χ0) is 18.7. The molecule has 3 aromatic rings. The summed E-state index contributed by atoms with van der Waals surface area (Å²) in [6.07, 6.45) is 5.33. The summed E-state index contributed by atoms with van der Waals surface area (Å²) in [5, 5.41) is 7.02. The molecule has 0 saturated heterocycles. The van der Waals surface area contributed by atoms with E-state index >= 15 is 0 Å². The monoisotopic (exact) mass is 437 g/mol. The summed E-state index contributed by atoms with van der Waals surface area (Å²) in [5.74, 6) is -0.153. The van der Waals surface area contributed by atoms with Crippen LogP contribution in [0.25, 0.3) is 0 Å². The van der Waals surface area contributed by atoms with Crippen LogP contribution in [0.3, 0.4) is 0 Å². The third kappa shape index (κ3) is 3.94. The van der Waals surface area contributed by atoms with Gasteiger partial charge >= 0.3 is 0 Å². The molecule has 26 heavy (non-hydrogen) atoms. The molecular weight excluding hydrogens is 421 g/mol. The number of hydrogen-bond donors (Lipinski definition) is 1. The normalized spacial score (nSPS) is 10.9. The molecule has 136 valence electrons. The minimum absolute atomic E-state index is 0.0979. The van der Waals surface area contributed by atoms with Gasteiger partial charge in [-0.25, -0.2) is 13.7 Å². The van der Waals surface area contributed by atoms with E-state index in [0.717, 1.165) is 18.7 Å². The second-order valence-corrected chi connectivity index (χ2v) is 6.93. The van der Waals surface area contributed by atoms with E-state index in [2.05, 4.69) is 26.3 Å². The van der Waals surface area contributed by atoms with E-state index in [1.165, 1.54) is 16.8 Å². The van der Waals surface area contributed by atoms with Crippen LogP contribution in [0.4, 0.5) is 10.1 Å². The Morgan fingerprint density at radius 1 is 1.35 bits per heavy atom. The van der Waals surface area contributed by atoms with E-state index in [-0.39, 0.29) is 12.2 Å². The van der Waals surface area contributed by atoms with Gasteiger partial charge in [0, 0.05) is 23.3 Å². The number of nitrogens with zero attached hydrogens (tertiary/aromatic N) is 4. The number of aryl methyl sites for hydroxylation is 1. The standard InChI is InChI=1S/C17H17BrFN5OS/c1-2-5-15-21-23(17(26)24(15)22-8-3-4-9-22)11-16(25)20-14-7-6-12(18)10-13(14)19/h3-4,6-10H,2,5,11H2,1H3,(H,20,25). The first kappa shape index (κ1) is 18.5. The molecule has 1 amide bonds. The maximum Gasteiger partial charge on any atom is 0.246 e. The van der Waals surface area contributed by atoms with Gasteiger partial charge in [-0.15, -0.1) is 0 Å². The van der Waals surface area contributed by atoms with Gasteiger partial charge in [0.15, 0.2) is 5.82 Å². The van der Waals surface area contributed by atoms with Gasteiger partial charge in [-0.3, -0.25) is 9.47 Å². The maximum absolute atomic E-state index is 13.9. The first-order chi connectivity index (χ1) is 12.5. The summed E-state index contributed by atoms with van der Waals surface area (Å²) in [6.45, 7) is 1.95. The summed E-state index contributed by atoms with van der Waals surface area (Å²) in [5.41, 5.74) is 0.114. The van der Waals surface area contributed by atoms with Crippen molar-refractivity contribution in [3.05, 3.63) is 63.6 Å². The number of anilines is 1. The third-order valence-electron chi connectivity index (χ3n) is 3.67. The predicted octanol–water partition coefficient (Wildman–Crippen LogP) is 4.02. The molecule has 2 aromatic heterocycles. The molecule has 0 radical (unpaired) electrons. The van der Waals surface area contributed by atoms with Crippen molar-refractivity contribution in [1.82, 2.24) is 19.1 Å². The summed E-state index contributed by atoms with van der Waals surface area (Å²) in [7, 11) is 0. The van der Waals surface area contributed by atoms with Crippen LogP contribution in [0.15, 0.2) is 47.2 Å². The van der Waals surface area contributed by atoms with Crippen molar-refractivity contribution < 1.29 is 9.18 Å². The first-order valence-corrected chi connectivity index (χ1v) is 9.27. The van der Waals surface area contributed by atoms with Crippen LogP contribution in [0, 0.1) is 10.6 Å². The number of hydrogen-bond acceptors (Lipinski definition) is 3. The van der Waals surface area contributed by atoms with Crippen molar-refractivity contribution in [2.24, 2.45) is 0 Å². The van der Waals surface area contributed by atoms with Gasteiger partial charge in [0.2, 0.25) is 10.7 Å². The highest BCUT2D eigenvalue weighted by Crippen LogP contribution is 2.19. The van der Waals surface area contributed by atoms with Crippen LogP contribution < -0.4 is 5.32 Å². The molecule has 0 fully saturated rings. The number of rotatable bonds is 6. The highest BCUT2D eigenvalue weighted by molar-refractivity contribution is 9.10. The van der Waals surface area contributed by atoms with Crippen molar-refractivity contribution >= 4 is 39.7 Å². The Morgan fingerprint density at radius 3 is 2.73 bits per heavy atom. The molecular formula is C17H17BrFN5OS. The van der Waals surface area contributed by atoms with Crippen molar-refractivity contribution in [3.8, 4) is 0 Å². The van der Waals surface area contributed by atoms with Crippen LogP contribution in [-0.4, -0.2) is 25.0 Å². The smallest absolute Gasteiger partial charge is 0.246 e. The topological polar surface area (TPSA) is 56.8 Å². The SMILES string of the molecule is CCCc1nn(CC(=O)Nc2ccc(Br)cc2F)c(=S)n1-n1cccc1. The molecule has 3 rings (SSSR count). The van der Waals surface area contributed by atoms with E-state index in [0.29, 0.717) is 9.24 Å². The van der Waals surface area contributed by atoms with Crippen LogP contribution in [0.5, 0.6) is 0 Å². The van der Waals surface area contributed by atoms with Crippen molar-refractivity contribution in [2.45, 2.75) is 26.3 Å². The number of carbonyl (C=O) groups excluding carboxylic acids is 1. The largest absolute Gasteiger partial charge is 0.322 e. The first-order valence-electron chi connectivity index (χ1n) is 8.07. The van der Waals surface area contributed by atoms with E-state index < -0.39 is 11.7 Å². The van der Waals surface area contributed by atoms with E-state index in [9.17, 15) is 9.18 Å². The number of carbonyl (C=O) groups is 1. The number of nitrogens with one attached hydrogen (secondary N) is 1. The average molecular weight is 438 g/mol. The molecule has 0 bridgehead atoms. The lowest BCUT2D eigenvalue weighted by Crippen LogP contribution is -2.20. The second-order valence-electron chi connectivity index (χ2n) is 5.65. The fourth-order valence-corrected chi connectivity index (χ4v) is 3.17. The lowest BCUT2D eigenvalue weighted by molar-refractivity contribution is -0.117. The highest BCUT2D eigenvalue weighted by Gasteiger charge is 2.15. The second kappa shape index (κ2) is 7.96. The molecule has 0 aliphatic heterocycles. The predicted molar refractivity (Wildman–Crippen MR) is 103 cm³/mol. The lowest BCUT2D eigenvalue weighted by atomic mass is 10.3. The van der Waals surface area contributed by atoms with Crippen molar-refractivity contribution in [3.63, 3.8) is 0 Å². The van der Waals surface area contributed by atoms with Crippen LogP contribution in [-0.2, 0) is 17.8 Å². The zero-order valence-corrected chi connectivity index (χ0v) is 16.4.